The third kappa shape index (κ3) is 2.82. The summed E-state index contributed by atoms with van der Waals surface area (Å²) in [5, 5.41) is 16.1. The average Bonchev–Trinajstić information content (AvgIpc) is 2.39. The molecule has 94 valence electrons. The lowest BCUT2D eigenvalue weighted by Gasteiger charge is -2.06. The molecule has 2 aromatic rings. The number of nitrogens with zero attached hydrogens (tertiary/aromatic N) is 2. The molecule has 2 rings (SSSR count). The van der Waals surface area contributed by atoms with Crippen LogP contribution in [0, 0.1) is 0 Å². The van der Waals surface area contributed by atoms with Gasteiger partial charge < -0.3 is 5.11 Å². The lowest BCUT2D eigenvalue weighted by molar-refractivity contribution is 0.282. The summed E-state index contributed by atoms with van der Waals surface area (Å²) in [5.41, 5.74) is 0.647. The molecule has 0 aliphatic carbocycles. The molecule has 18 heavy (non-hydrogen) atoms. The maximum absolute atomic E-state index is 12.0. The van der Waals surface area contributed by atoms with Gasteiger partial charge in [-0.2, -0.15) is 5.10 Å². The standard InChI is InChI=1S/C11H11N3O3S/c15-8-9-3-5-10(6-4-9)18(16,17)14-11-2-1-7-12-13-11/h1-7,15H,8H2,(H,13,14). The highest BCUT2D eigenvalue weighted by atomic mass is 32.2. The van der Waals surface area contributed by atoms with Crippen molar-refractivity contribution < 1.29 is 13.5 Å². The average molecular weight is 265 g/mol. The molecular formula is C11H11N3O3S. The zero-order valence-corrected chi connectivity index (χ0v) is 10.1. The summed E-state index contributed by atoms with van der Waals surface area (Å²) >= 11 is 0. The van der Waals surface area contributed by atoms with Gasteiger partial charge in [0.2, 0.25) is 0 Å². The number of aliphatic hydroxyl groups is 1. The Hall–Kier alpha value is -1.99. The fourth-order valence-electron chi connectivity index (χ4n) is 1.33. The summed E-state index contributed by atoms with van der Waals surface area (Å²) in [6.07, 6.45) is 1.45. The van der Waals surface area contributed by atoms with Crippen LogP contribution in [0.2, 0.25) is 0 Å². The highest BCUT2D eigenvalue weighted by Gasteiger charge is 2.14. The minimum Gasteiger partial charge on any atom is -0.392 e. The van der Waals surface area contributed by atoms with Gasteiger partial charge in [-0.3, -0.25) is 4.72 Å². The predicted molar refractivity (Wildman–Crippen MR) is 65.2 cm³/mol. The third-order valence-corrected chi connectivity index (χ3v) is 3.60. The molecule has 2 N–H and O–H groups in total. The third-order valence-electron chi connectivity index (χ3n) is 2.23. The minimum atomic E-state index is -3.67. The van der Waals surface area contributed by atoms with Crippen LogP contribution in [0.1, 0.15) is 5.56 Å². The van der Waals surface area contributed by atoms with E-state index in [0.29, 0.717) is 5.56 Å². The van der Waals surface area contributed by atoms with E-state index >= 15 is 0 Å². The van der Waals surface area contributed by atoms with Crippen molar-refractivity contribution in [2.45, 2.75) is 11.5 Å². The molecular weight excluding hydrogens is 254 g/mol. The fraction of sp³-hybridized carbons (Fsp3) is 0.0909. The zero-order valence-electron chi connectivity index (χ0n) is 9.31. The molecule has 0 aliphatic heterocycles. The quantitative estimate of drug-likeness (QED) is 0.851. The van der Waals surface area contributed by atoms with Gasteiger partial charge in [-0.1, -0.05) is 12.1 Å². The molecule has 0 aliphatic rings. The van der Waals surface area contributed by atoms with Crippen molar-refractivity contribution in [1.29, 1.82) is 0 Å². The molecule has 1 aromatic heterocycles. The van der Waals surface area contributed by atoms with Crippen molar-refractivity contribution in [3.8, 4) is 0 Å². The number of nitrogens with one attached hydrogen (secondary N) is 1. The number of hydrogen-bond donors (Lipinski definition) is 2. The van der Waals surface area contributed by atoms with E-state index in [2.05, 4.69) is 14.9 Å². The van der Waals surface area contributed by atoms with Crippen molar-refractivity contribution in [1.82, 2.24) is 10.2 Å². The van der Waals surface area contributed by atoms with Crippen LogP contribution in [0.15, 0.2) is 47.5 Å². The second kappa shape index (κ2) is 5.11. The summed E-state index contributed by atoms with van der Waals surface area (Å²) in [7, 11) is -3.67. The second-order valence-corrected chi connectivity index (χ2v) is 5.20. The van der Waals surface area contributed by atoms with Crippen LogP contribution in [0.3, 0.4) is 0 Å². The highest BCUT2D eigenvalue weighted by molar-refractivity contribution is 7.92. The first-order valence-electron chi connectivity index (χ1n) is 5.12. The predicted octanol–water partition coefficient (Wildman–Crippen LogP) is 0.770. The van der Waals surface area contributed by atoms with Crippen LogP contribution in [-0.2, 0) is 16.6 Å². The van der Waals surface area contributed by atoms with Gasteiger partial charge in [0.25, 0.3) is 10.0 Å². The molecule has 0 spiro atoms. The van der Waals surface area contributed by atoms with Crippen molar-refractivity contribution in [2.24, 2.45) is 0 Å². The second-order valence-electron chi connectivity index (χ2n) is 3.52. The lowest BCUT2D eigenvalue weighted by atomic mass is 10.2. The van der Waals surface area contributed by atoms with Crippen molar-refractivity contribution >= 4 is 15.8 Å². The Morgan fingerprint density at radius 2 is 1.89 bits per heavy atom. The van der Waals surface area contributed by atoms with E-state index in [1.807, 2.05) is 0 Å². The summed E-state index contributed by atoms with van der Waals surface area (Å²) in [4.78, 5) is 0.102. The van der Waals surface area contributed by atoms with Crippen LogP contribution < -0.4 is 4.72 Å². The smallest absolute Gasteiger partial charge is 0.263 e. The number of aliphatic hydroxyl groups excluding tert-OH is 1. The van der Waals surface area contributed by atoms with Crippen molar-refractivity contribution in [3.63, 3.8) is 0 Å². The van der Waals surface area contributed by atoms with E-state index in [-0.39, 0.29) is 17.3 Å². The van der Waals surface area contributed by atoms with Crippen LogP contribution in [-0.4, -0.2) is 23.7 Å². The monoisotopic (exact) mass is 265 g/mol. The number of anilines is 1. The number of sulfonamides is 1. The summed E-state index contributed by atoms with van der Waals surface area (Å²) in [6, 6.07) is 9.03. The molecule has 7 heteroatoms. The Kier molecular flexibility index (Phi) is 3.54. The summed E-state index contributed by atoms with van der Waals surface area (Å²) in [6.45, 7) is -0.127. The van der Waals surface area contributed by atoms with Crippen LogP contribution in [0.4, 0.5) is 5.82 Å². The largest absolute Gasteiger partial charge is 0.392 e. The van der Waals surface area contributed by atoms with Gasteiger partial charge in [0, 0.05) is 6.20 Å². The molecule has 0 saturated carbocycles. The maximum Gasteiger partial charge on any atom is 0.263 e. The van der Waals surface area contributed by atoms with Crippen molar-refractivity contribution in [2.75, 3.05) is 4.72 Å². The molecule has 0 fully saturated rings. The Morgan fingerprint density at radius 3 is 2.44 bits per heavy atom. The molecule has 0 unspecified atom stereocenters. The van der Waals surface area contributed by atoms with Crippen molar-refractivity contribution in [3.05, 3.63) is 48.2 Å². The first kappa shape index (κ1) is 12.5. The number of aromatic nitrogens is 2. The first-order valence-corrected chi connectivity index (χ1v) is 6.60. The lowest BCUT2D eigenvalue weighted by Crippen LogP contribution is -2.14. The fourth-order valence-corrected chi connectivity index (χ4v) is 2.32. The maximum atomic E-state index is 12.0. The zero-order chi connectivity index (χ0) is 13.0. The Labute approximate surface area is 104 Å². The molecule has 1 heterocycles. The van der Waals surface area contributed by atoms with Gasteiger partial charge in [-0.05, 0) is 29.8 Å². The molecule has 0 bridgehead atoms. The summed E-state index contributed by atoms with van der Waals surface area (Å²) < 4.78 is 26.2. The van der Waals surface area contributed by atoms with Gasteiger partial charge in [-0.15, -0.1) is 5.10 Å². The normalized spacial score (nSPS) is 11.2. The van der Waals surface area contributed by atoms with Gasteiger partial charge >= 0.3 is 0 Å². The van der Waals surface area contributed by atoms with Crippen LogP contribution in [0.25, 0.3) is 0 Å². The highest BCUT2D eigenvalue weighted by Crippen LogP contribution is 2.14. The molecule has 0 atom stereocenters. The van der Waals surface area contributed by atoms with E-state index in [4.69, 9.17) is 5.11 Å². The van der Waals surface area contributed by atoms with Gasteiger partial charge in [0.1, 0.15) is 0 Å². The molecule has 0 radical (unpaired) electrons. The number of rotatable bonds is 4. The Bertz CT molecular complexity index is 612. The van der Waals surface area contributed by atoms with E-state index in [1.165, 1.54) is 24.4 Å². The van der Waals surface area contributed by atoms with E-state index in [9.17, 15) is 8.42 Å². The molecule has 6 nitrogen and oxygen atoms in total. The summed E-state index contributed by atoms with van der Waals surface area (Å²) in [5.74, 6) is 0.156. The minimum absolute atomic E-state index is 0.102. The van der Waals surface area contributed by atoms with Gasteiger partial charge in [-0.25, -0.2) is 8.42 Å². The van der Waals surface area contributed by atoms with Crippen LogP contribution >= 0.6 is 0 Å². The number of benzene rings is 1. The topological polar surface area (TPSA) is 92.2 Å². The molecule has 0 amide bonds. The van der Waals surface area contributed by atoms with Gasteiger partial charge in [0.05, 0.1) is 11.5 Å². The van der Waals surface area contributed by atoms with Gasteiger partial charge in [0.15, 0.2) is 5.82 Å². The SMILES string of the molecule is O=S(=O)(Nc1cccnn1)c1ccc(CO)cc1. The van der Waals surface area contributed by atoms with E-state index < -0.39 is 10.0 Å². The van der Waals surface area contributed by atoms with Crippen LogP contribution in [0.5, 0.6) is 0 Å². The molecule has 1 aromatic carbocycles. The van der Waals surface area contributed by atoms with E-state index in [0.717, 1.165) is 0 Å². The Morgan fingerprint density at radius 1 is 1.17 bits per heavy atom. The first-order chi connectivity index (χ1) is 8.62. The Balaban J connectivity index is 2.25. The molecule has 0 saturated heterocycles. The van der Waals surface area contributed by atoms with E-state index in [1.54, 1.807) is 18.2 Å². The number of hydrogen-bond acceptors (Lipinski definition) is 5.